The molecule has 2 heterocycles. The van der Waals surface area contributed by atoms with Crippen molar-refractivity contribution in [3.05, 3.63) is 69.6 Å². The summed E-state index contributed by atoms with van der Waals surface area (Å²) in [6, 6.07) is 11.8. The molecule has 0 unspecified atom stereocenters. The van der Waals surface area contributed by atoms with Crippen molar-refractivity contribution < 1.29 is 22.9 Å². The lowest BCUT2D eigenvalue weighted by molar-refractivity contribution is -0.384. The van der Waals surface area contributed by atoms with Crippen LogP contribution < -0.4 is 5.32 Å². The number of hydrogen-bond acceptors (Lipinski definition) is 8. The van der Waals surface area contributed by atoms with Gasteiger partial charge < -0.3 is 4.74 Å². The second-order valence-corrected chi connectivity index (χ2v) is 10.7. The molecule has 0 bridgehead atoms. The highest BCUT2D eigenvalue weighted by atomic mass is 32.2. The fraction of sp³-hybridized carbons (Fsp3) is 0.273. The summed E-state index contributed by atoms with van der Waals surface area (Å²) >= 11 is 1.18. The van der Waals surface area contributed by atoms with Gasteiger partial charge in [0, 0.05) is 41.7 Å². The summed E-state index contributed by atoms with van der Waals surface area (Å²) in [5, 5.41) is 15.7. The molecule has 2 aromatic carbocycles. The third-order valence-electron chi connectivity index (χ3n) is 5.22. The first-order valence-electron chi connectivity index (χ1n) is 10.4. The Bertz CT molecular complexity index is 1310. The highest BCUT2D eigenvalue weighted by Crippen LogP contribution is 2.28. The zero-order valence-corrected chi connectivity index (χ0v) is 20.0. The number of hydrogen-bond donors (Lipinski definition) is 1. The predicted molar refractivity (Wildman–Crippen MR) is 127 cm³/mol. The van der Waals surface area contributed by atoms with E-state index in [4.69, 9.17) is 4.74 Å². The van der Waals surface area contributed by atoms with Crippen molar-refractivity contribution in [2.24, 2.45) is 0 Å². The second kappa shape index (κ2) is 9.58. The zero-order valence-electron chi connectivity index (χ0n) is 18.4. The van der Waals surface area contributed by atoms with E-state index in [1.54, 1.807) is 17.5 Å². The molecule has 1 fully saturated rings. The maximum absolute atomic E-state index is 13.0. The highest BCUT2D eigenvalue weighted by molar-refractivity contribution is 7.89. The van der Waals surface area contributed by atoms with Gasteiger partial charge in [0.1, 0.15) is 0 Å². The van der Waals surface area contributed by atoms with Gasteiger partial charge in [-0.3, -0.25) is 20.2 Å². The van der Waals surface area contributed by atoms with Crippen LogP contribution in [-0.4, -0.2) is 53.8 Å². The lowest BCUT2D eigenvalue weighted by Gasteiger charge is -2.34. The van der Waals surface area contributed by atoms with Crippen LogP contribution in [0.2, 0.25) is 0 Å². The second-order valence-electron chi connectivity index (χ2n) is 7.90. The summed E-state index contributed by atoms with van der Waals surface area (Å²) < 4.78 is 32.9. The Morgan fingerprint density at radius 3 is 2.50 bits per heavy atom. The van der Waals surface area contributed by atoms with Gasteiger partial charge in [0.05, 0.1) is 27.7 Å². The first kappa shape index (κ1) is 24.0. The van der Waals surface area contributed by atoms with Crippen LogP contribution >= 0.6 is 11.3 Å². The first-order valence-corrected chi connectivity index (χ1v) is 12.7. The molecular weight excluding hydrogens is 480 g/mol. The molecule has 1 aliphatic rings. The van der Waals surface area contributed by atoms with Gasteiger partial charge in [-0.1, -0.05) is 12.1 Å². The Kier molecular flexibility index (Phi) is 6.75. The summed E-state index contributed by atoms with van der Waals surface area (Å²) in [6.45, 7) is 4.20. The summed E-state index contributed by atoms with van der Waals surface area (Å²) in [5.74, 6) is -0.447. The Morgan fingerprint density at radius 1 is 1.18 bits per heavy atom. The number of aromatic nitrogens is 1. The van der Waals surface area contributed by atoms with E-state index in [9.17, 15) is 23.3 Å². The Labute approximate surface area is 200 Å². The average molecular weight is 503 g/mol. The molecule has 1 N–H and O–H groups in total. The van der Waals surface area contributed by atoms with Crippen LogP contribution in [0, 0.1) is 10.1 Å². The Morgan fingerprint density at radius 2 is 1.85 bits per heavy atom. The molecule has 178 valence electrons. The van der Waals surface area contributed by atoms with Crippen LogP contribution in [0.15, 0.2) is 58.8 Å². The molecule has 2 atom stereocenters. The minimum absolute atomic E-state index is 0.0490. The number of morpholine rings is 1. The molecule has 12 heteroatoms. The molecule has 0 spiro atoms. The van der Waals surface area contributed by atoms with E-state index in [-0.39, 0.29) is 41.4 Å². The summed E-state index contributed by atoms with van der Waals surface area (Å²) in [4.78, 5) is 27.6. The number of nitrogens with one attached hydrogen (secondary N) is 1. The molecule has 34 heavy (non-hydrogen) atoms. The lowest BCUT2D eigenvalue weighted by atomic mass is 10.1. The summed E-state index contributed by atoms with van der Waals surface area (Å²) in [5.41, 5.74) is 1.29. The van der Waals surface area contributed by atoms with E-state index in [0.717, 1.165) is 0 Å². The standard InChI is InChI=1S/C22H22N4O6S2/c1-14-11-25(12-15(2)32-14)34(30,31)19-8-6-16(7-9-19)21(27)24-22-23-20(13-33-22)17-4-3-5-18(10-17)26(28)29/h3-10,13-15H,11-12H2,1-2H3,(H,23,24,27)/t14-,15-/m0/s1. The van der Waals surface area contributed by atoms with E-state index >= 15 is 0 Å². The summed E-state index contributed by atoms with van der Waals surface area (Å²) in [6.07, 6.45) is -0.400. The van der Waals surface area contributed by atoms with Gasteiger partial charge >= 0.3 is 0 Å². The number of rotatable bonds is 6. The number of anilines is 1. The predicted octanol–water partition coefficient (Wildman–Crippen LogP) is 3.77. The van der Waals surface area contributed by atoms with Crippen molar-refractivity contribution >= 4 is 38.1 Å². The van der Waals surface area contributed by atoms with Gasteiger partial charge in [0.2, 0.25) is 10.0 Å². The van der Waals surface area contributed by atoms with Crippen LogP contribution in [0.1, 0.15) is 24.2 Å². The maximum atomic E-state index is 13.0. The van der Waals surface area contributed by atoms with Crippen LogP contribution in [0.5, 0.6) is 0 Å². The lowest BCUT2D eigenvalue weighted by Crippen LogP contribution is -2.48. The molecule has 1 aliphatic heterocycles. The zero-order chi connectivity index (χ0) is 24.5. The molecule has 0 radical (unpaired) electrons. The number of nitrogens with zero attached hydrogens (tertiary/aromatic N) is 3. The van der Waals surface area contributed by atoms with Gasteiger partial charge in [-0.05, 0) is 38.1 Å². The van der Waals surface area contributed by atoms with Crippen LogP contribution in [0.4, 0.5) is 10.8 Å². The topological polar surface area (TPSA) is 132 Å². The van der Waals surface area contributed by atoms with E-state index in [1.807, 2.05) is 13.8 Å². The third-order valence-corrected chi connectivity index (χ3v) is 7.82. The quantitative estimate of drug-likeness (QED) is 0.401. The van der Waals surface area contributed by atoms with Crippen molar-refractivity contribution in [3.63, 3.8) is 0 Å². The SMILES string of the molecule is C[C@H]1CN(S(=O)(=O)c2ccc(C(=O)Nc3nc(-c4cccc([N+](=O)[O-])c4)cs3)cc2)C[C@H](C)O1. The fourth-order valence-electron chi connectivity index (χ4n) is 3.67. The molecule has 1 amide bonds. The molecule has 0 aliphatic carbocycles. The number of benzene rings is 2. The normalized spacial score (nSPS) is 19.0. The van der Waals surface area contributed by atoms with E-state index < -0.39 is 20.9 Å². The van der Waals surface area contributed by atoms with Gasteiger partial charge in [0.15, 0.2) is 5.13 Å². The van der Waals surface area contributed by atoms with Crippen molar-refractivity contribution in [2.75, 3.05) is 18.4 Å². The van der Waals surface area contributed by atoms with Crippen LogP contribution in [0.25, 0.3) is 11.3 Å². The highest BCUT2D eigenvalue weighted by Gasteiger charge is 2.32. The molecule has 10 nitrogen and oxygen atoms in total. The van der Waals surface area contributed by atoms with Crippen molar-refractivity contribution in [2.45, 2.75) is 31.0 Å². The van der Waals surface area contributed by atoms with Crippen molar-refractivity contribution in [1.29, 1.82) is 0 Å². The number of carbonyl (C=O) groups excluding carboxylic acids is 1. The van der Waals surface area contributed by atoms with E-state index in [1.165, 1.54) is 52.0 Å². The number of sulfonamides is 1. The summed E-state index contributed by atoms with van der Waals surface area (Å²) in [7, 11) is -3.70. The van der Waals surface area contributed by atoms with E-state index in [2.05, 4.69) is 10.3 Å². The number of carbonyl (C=O) groups is 1. The van der Waals surface area contributed by atoms with Crippen molar-refractivity contribution in [1.82, 2.24) is 9.29 Å². The first-order chi connectivity index (χ1) is 16.1. The van der Waals surface area contributed by atoms with Gasteiger partial charge in [0.25, 0.3) is 11.6 Å². The van der Waals surface area contributed by atoms with Crippen LogP contribution in [-0.2, 0) is 14.8 Å². The maximum Gasteiger partial charge on any atom is 0.270 e. The number of nitro groups is 1. The smallest absolute Gasteiger partial charge is 0.270 e. The largest absolute Gasteiger partial charge is 0.373 e. The molecule has 3 aromatic rings. The Hall–Kier alpha value is -3.19. The fourth-order valence-corrected chi connectivity index (χ4v) is 5.97. The minimum Gasteiger partial charge on any atom is -0.373 e. The number of amides is 1. The van der Waals surface area contributed by atoms with Gasteiger partial charge in [-0.25, -0.2) is 13.4 Å². The monoisotopic (exact) mass is 502 g/mol. The average Bonchev–Trinajstić information content (AvgIpc) is 3.27. The van der Waals surface area contributed by atoms with Gasteiger partial charge in [-0.15, -0.1) is 11.3 Å². The Balaban J connectivity index is 1.46. The number of thiazole rings is 1. The third kappa shape index (κ3) is 5.14. The minimum atomic E-state index is -3.70. The van der Waals surface area contributed by atoms with Crippen LogP contribution in [0.3, 0.4) is 0 Å². The number of non-ortho nitro benzene ring substituents is 1. The number of nitro benzene ring substituents is 1. The number of ether oxygens (including phenoxy) is 1. The van der Waals surface area contributed by atoms with Gasteiger partial charge in [-0.2, -0.15) is 4.31 Å². The van der Waals surface area contributed by atoms with Crippen molar-refractivity contribution in [3.8, 4) is 11.3 Å². The molecule has 0 saturated carbocycles. The molecule has 4 rings (SSSR count). The molecule has 1 saturated heterocycles. The van der Waals surface area contributed by atoms with E-state index in [0.29, 0.717) is 16.4 Å². The molecule has 1 aromatic heterocycles. The molecular formula is C22H22N4O6S2.